The highest BCUT2D eigenvalue weighted by Gasteiger charge is 2.20. The van der Waals surface area contributed by atoms with Crippen LogP contribution < -0.4 is 0 Å². The third kappa shape index (κ3) is 9.28. The monoisotopic (exact) mass is 256 g/mol. The van der Waals surface area contributed by atoms with E-state index in [1.165, 1.54) is 6.04 Å². The molecule has 0 saturated carbocycles. The molecule has 0 aliphatic heterocycles. The Bertz CT molecular complexity index is 123. The largest absolute Gasteiger partial charge is 0.456 e. The summed E-state index contributed by atoms with van der Waals surface area (Å²) in [5, 5.41) is 0. The van der Waals surface area contributed by atoms with Crippen LogP contribution in [0.1, 0.15) is 12.8 Å². The molecule has 2 radical (unpaired) electrons. The van der Waals surface area contributed by atoms with Crippen LogP contribution in [0, 0.1) is 0 Å². The highest BCUT2D eigenvalue weighted by molar-refractivity contribution is 6.75. The lowest BCUT2D eigenvalue weighted by molar-refractivity contribution is 0.578. The molecule has 0 spiro atoms. The molecule has 0 aromatic carbocycles. The van der Waals surface area contributed by atoms with E-state index in [2.05, 4.69) is 13.1 Å². The zero-order chi connectivity index (χ0) is 10.2. The molecule has 0 aromatic heterocycles. The molecule has 0 N–H and O–H groups in total. The van der Waals surface area contributed by atoms with E-state index < -0.39 is 8.32 Å². The lowest BCUT2D eigenvalue weighted by Gasteiger charge is -2.22. The van der Waals surface area contributed by atoms with Gasteiger partial charge in [-0.1, -0.05) is 0 Å². The molecule has 0 saturated heterocycles. The Hall–Kier alpha value is 0.974. The minimum atomic E-state index is -1.39. The van der Waals surface area contributed by atoms with Gasteiger partial charge in [0.05, 0.1) is 0 Å². The zero-order valence-electron chi connectivity index (χ0n) is 8.41. The molecule has 0 unspecified atom stereocenters. The van der Waals surface area contributed by atoms with Crippen molar-refractivity contribution in [2.75, 3.05) is 11.8 Å². The van der Waals surface area contributed by atoms with Gasteiger partial charge in [-0.05, 0) is 38.0 Å². The topological polar surface area (TPSA) is 9.23 Å². The highest BCUT2D eigenvalue weighted by Crippen LogP contribution is 2.14. The fourth-order valence-electron chi connectivity index (χ4n) is 0.929. The van der Waals surface area contributed by atoms with Gasteiger partial charge in [-0.3, -0.25) is 0 Å². The standard InChI is InChI=1S/C8H18Cl2OSi2/c1-13(2,8-4-6-10)11-12-7-3-5-9/h3-8H2,1-2H3. The predicted molar refractivity (Wildman–Crippen MR) is 64.6 cm³/mol. The lowest BCUT2D eigenvalue weighted by Crippen LogP contribution is -2.31. The van der Waals surface area contributed by atoms with Gasteiger partial charge in [-0.2, -0.15) is 0 Å². The fourth-order valence-corrected chi connectivity index (χ4v) is 5.37. The molecule has 0 rings (SSSR count). The molecule has 78 valence electrons. The third-order valence-electron chi connectivity index (χ3n) is 1.67. The maximum atomic E-state index is 5.88. The molecule has 13 heavy (non-hydrogen) atoms. The van der Waals surface area contributed by atoms with Crippen molar-refractivity contribution in [3.8, 4) is 0 Å². The van der Waals surface area contributed by atoms with Crippen molar-refractivity contribution in [2.24, 2.45) is 0 Å². The van der Waals surface area contributed by atoms with Crippen molar-refractivity contribution in [1.29, 1.82) is 0 Å². The van der Waals surface area contributed by atoms with E-state index in [0.29, 0.717) is 9.76 Å². The van der Waals surface area contributed by atoms with Gasteiger partial charge in [-0.15, -0.1) is 23.2 Å². The van der Waals surface area contributed by atoms with Crippen LogP contribution in [0.25, 0.3) is 0 Å². The van der Waals surface area contributed by atoms with Crippen molar-refractivity contribution in [3.63, 3.8) is 0 Å². The van der Waals surface area contributed by atoms with Gasteiger partial charge < -0.3 is 4.12 Å². The average molecular weight is 257 g/mol. The molecule has 0 aliphatic rings. The first-order valence-corrected chi connectivity index (χ1v) is 9.95. The first-order chi connectivity index (χ1) is 6.12. The zero-order valence-corrected chi connectivity index (χ0v) is 11.9. The van der Waals surface area contributed by atoms with Crippen molar-refractivity contribution in [2.45, 2.75) is 38.0 Å². The maximum absolute atomic E-state index is 5.88. The fraction of sp³-hybridized carbons (Fsp3) is 1.00. The first-order valence-electron chi connectivity index (χ1n) is 4.65. The third-order valence-corrected chi connectivity index (χ3v) is 7.11. The minimum Gasteiger partial charge on any atom is -0.456 e. The molecule has 0 heterocycles. The van der Waals surface area contributed by atoms with Gasteiger partial charge in [0.1, 0.15) is 0 Å². The van der Waals surface area contributed by atoms with Gasteiger partial charge in [0, 0.05) is 11.8 Å². The van der Waals surface area contributed by atoms with E-state index in [9.17, 15) is 0 Å². The van der Waals surface area contributed by atoms with E-state index in [-0.39, 0.29) is 0 Å². The van der Waals surface area contributed by atoms with Crippen LogP contribution in [-0.4, -0.2) is 29.8 Å². The van der Waals surface area contributed by atoms with E-state index in [0.717, 1.165) is 30.6 Å². The summed E-state index contributed by atoms with van der Waals surface area (Å²) >= 11 is 11.2. The summed E-state index contributed by atoms with van der Waals surface area (Å²) in [5.74, 6) is 1.50. The SMILES string of the molecule is C[Si](C)(CCCCl)O[Si]CCCCl. The summed E-state index contributed by atoms with van der Waals surface area (Å²) in [7, 11) is -0.754. The molecule has 5 heteroatoms. The van der Waals surface area contributed by atoms with Crippen LogP contribution >= 0.6 is 23.2 Å². The Balaban J connectivity index is 3.39. The molecule has 0 bridgehead atoms. The number of alkyl halides is 2. The first kappa shape index (κ1) is 14.0. The van der Waals surface area contributed by atoms with Crippen molar-refractivity contribution >= 4 is 41.3 Å². The summed E-state index contributed by atoms with van der Waals surface area (Å²) in [6, 6.07) is 2.28. The summed E-state index contributed by atoms with van der Waals surface area (Å²) in [6.45, 7) is 4.51. The van der Waals surface area contributed by atoms with Crippen LogP contribution in [0.15, 0.2) is 0 Å². The summed E-state index contributed by atoms with van der Waals surface area (Å²) in [5.41, 5.74) is 0. The Kier molecular flexibility index (Phi) is 8.92. The van der Waals surface area contributed by atoms with E-state index in [4.69, 9.17) is 27.3 Å². The number of hydrogen-bond acceptors (Lipinski definition) is 1. The normalized spacial score (nSPS) is 12.0. The van der Waals surface area contributed by atoms with Gasteiger partial charge in [0.25, 0.3) is 0 Å². The van der Waals surface area contributed by atoms with Gasteiger partial charge in [0.2, 0.25) is 9.76 Å². The maximum Gasteiger partial charge on any atom is 0.215 e. The van der Waals surface area contributed by atoms with E-state index in [1.807, 2.05) is 0 Å². The average Bonchev–Trinajstić information content (AvgIpc) is 2.09. The Morgan fingerprint density at radius 1 is 1.15 bits per heavy atom. The molecule has 0 aliphatic carbocycles. The molecular weight excluding hydrogens is 239 g/mol. The smallest absolute Gasteiger partial charge is 0.215 e. The van der Waals surface area contributed by atoms with Crippen molar-refractivity contribution in [1.82, 2.24) is 0 Å². The van der Waals surface area contributed by atoms with Crippen LogP contribution in [0.2, 0.25) is 25.2 Å². The highest BCUT2D eigenvalue weighted by atomic mass is 35.5. The second-order valence-corrected chi connectivity index (χ2v) is 9.97. The van der Waals surface area contributed by atoms with Crippen LogP contribution in [0.3, 0.4) is 0 Å². The Morgan fingerprint density at radius 2 is 1.77 bits per heavy atom. The number of rotatable bonds is 8. The summed E-state index contributed by atoms with van der Waals surface area (Å²) in [4.78, 5) is 0. The Morgan fingerprint density at radius 3 is 2.31 bits per heavy atom. The summed E-state index contributed by atoms with van der Waals surface area (Å²) < 4.78 is 5.88. The molecule has 0 amide bonds. The van der Waals surface area contributed by atoms with E-state index in [1.54, 1.807) is 0 Å². The van der Waals surface area contributed by atoms with Crippen molar-refractivity contribution < 1.29 is 4.12 Å². The molecule has 1 nitrogen and oxygen atoms in total. The minimum absolute atomic E-state index is 0.636. The van der Waals surface area contributed by atoms with Gasteiger partial charge in [0.15, 0.2) is 8.32 Å². The molecular formula is C8H18Cl2OSi2. The van der Waals surface area contributed by atoms with Gasteiger partial charge in [-0.25, -0.2) is 0 Å². The van der Waals surface area contributed by atoms with Crippen LogP contribution in [0.4, 0.5) is 0 Å². The summed E-state index contributed by atoms with van der Waals surface area (Å²) in [6.07, 6.45) is 2.15. The van der Waals surface area contributed by atoms with Gasteiger partial charge >= 0.3 is 0 Å². The lowest BCUT2D eigenvalue weighted by atomic mass is 10.6. The second kappa shape index (κ2) is 8.30. The van der Waals surface area contributed by atoms with Crippen LogP contribution in [0.5, 0.6) is 0 Å². The predicted octanol–water partition coefficient (Wildman–Crippen LogP) is 3.50. The van der Waals surface area contributed by atoms with E-state index >= 15 is 0 Å². The quantitative estimate of drug-likeness (QED) is 0.367. The molecule has 0 fully saturated rings. The second-order valence-electron chi connectivity index (χ2n) is 3.59. The molecule has 0 atom stereocenters. The molecule has 0 aromatic rings. The number of hydrogen-bond donors (Lipinski definition) is 0. The van der Waals surface area contributed by atoms with Crippen molar-refractivity contribution in [3.05, 3.63) is 0 Å². The van der Waals surface area contributed by atoms with Crippen LogP contribution in [-0.2, 0) is 4.12 Å². The number of halogens is 2. The Labute approximate surface area is 95.2 Å².